The van der Waals surface area contributed by atoms with E-state index in [1.165, 1.54) is 4.90 Å². The van der Waals surface area contributed by atoms with Gasteiger partial charge in [0, 0.05) is 48.0 Å². The SMILES string of the molecule is CN(C)/C(=N\S(C)(=O)=O)c1ccc(N2CC(CNC(=O)c3ccc4c(Cl)c[nH]c4c3)OC2=O)cc1. The molecule has 0 bridgehead atoms. The number of fused-ring (bicyclic) bond motifs is 1. The predicted octanol–water partition coefficient (Wildman–Crippen LogP) is 2.84. The summed E-state index contributed by atoms with van der Waals surface area (Å²) in [6.45, 7) is 0.399. The van der Waals surface area contributed by atoms with E-state index in [1.54, 1.807) is 67.7 Å². The second-order valence-corrected chi connectivity index (χ2v) is 10.4. The van der Waals surface area contributed by atoms with Crippen LogP contribution in [0.15, 0.2) is 53.1 Å². The molecule has 35 heavy (non-hydrogen) atoms. The van der Waals surface area contributed by atoms with Crippen LogP contribution in [0.3, 0.4) is 0 Å². The molecule has 4 rings (SSSR count). The van der Waals surface area contributed by atoms with Crippen molar-refractivity contribution in [3.63, 3.8) is 0 Å². The number of benzene rings is 2. The Morgan fingerprint density at radius 2 is 1.91 bits per heavy atom. The molecule has 3 aromatic rings. The second kappa shape index (κ2) is 9.59. The second-order valence-electron chi connectivity index (χ2n) is 8.31. The highest BCUT2D eigenvalue weighted by Crippen LogP contribution is 2.24. The van der Waals surface area contributed by atoms with Gasteiger partial charge in [0.1, 0.15) is 11.9 Å². The Morgan fingerprint density at radius 1 is 1.23 bits per heavy atom. The van der Waals surface area contributed by atoms with E-state index >= 15 is 0 Å². The lowest BCUT2D eigenvalue weighted by Crippen LogP contribution is -2.34. The molecule has 2 N–H and O–H groups in total. The van der Waals surface area contributed by atoms with E-state index in [0.29, 0.717) is 21.8 Å². The van der Waals surface area contributed by atoms with E-state index in [1.807, 2.05) is 0 Å². The average molecular weight is 518 g/mol. The van der Waals surface area contributed by atoms with Crippen LogP contribution in [0.1, 0.15) is 15.9 Å². The number of cyclic esters (lactones) is 1. The lowest BCUT2D eigenvalue weighted by Gasteiger charge is -2.17. The first kappa shape index (κ1) is 24.6. The lowest BCUT2D eigenvalue weighted by atomic mass is 10.1. The van der Waals surface area contributed by atoms with Gasteiger partial charge in [0.2, 0.25) is 0 Å². The third kappa shape index (κ3) is 5.57. The molecule has 1 unspecified atom stereocenters. The zero-order valence-electron chi connectivity index (χ0n) is 19.3. The van der Waals surface area contributed by atoms with Gasteiger partial charge in [0.05, 0.1) is 24.4 Å². The quantitative estimate of drug-likeness (QED) is 0.383. The summed E-state index contributed by atoms with van der Waals surface area (Å²) in [5.41, 5.74) is 2.38. The largest absolute Gasteiger partial charge is 0.442 e. The normalized spacial score (nSPS) is 16.5. The molecular weight excluding hydrogens is 494 g/mol. The number of anilines is 1. The number of aromatic amines is 1. The zero-order valence-corrected chi connectivity index (χ0v) is 20.9. The Morgan fingerprint density at radius 3 is 2.57 bits per heavy atom. The first-order chi connectivity index (χ1) is 16.5. The van der Waals surface area contributed by atoms with Crippen LogP contribution in [0.25, 0.3) is 10.9 Å². The molecule has 1 aliphatic heterocycles. The maximum atomic E-state index is 12.6. The minimum absolute atomic E-state index is 0.147. The lowest BCUT2D eigenvalue weighted by molar-refractivity contribution is 0.0916. The van der Waals surface area contributed by atoms with Crippen molar-refractivity contribution in [1.82, 2.24) is 15.2 Å². The minimum atomic E-state index is -3.58. The number of halogens is 1. The number of amidine groups is 1. The number of hydrogen-bond acceptors (Lipinski definition) is 5. The zero-order chi connectivity index (χ0) is 25.3. The molecule has 1 fully saturated rings. The van der Waals surface area contributed by atoms with Crippen LogP contribution in [0, 0.1) is 0 Å². The maximum absolute atomic E-state index is 12.6. The summed E-state index contributed by atoms with van der Waals surface area (Å²) in [6.07, 6.45) is 1.63. The Hall–Kier alpha value is -3.57. The molecule has 0 aliphatic carbocycles. The molecule has 1 aliphatic rings. The number of amides is 2. The van der Waals surface area contributed by atoms with Crippen LogP contribution in [0.4, 0.5) is 10.5 Å². The molecule has 0 spiro atoms. The summed E-state index contributed by atoms with van der Waals surface area (Å²) in [6, 6.07) is 11.9. The molecule has 0 radical (unpaired) electrons. The molecule has 12 heteroatoms. The standard InChI is InChI=1S/C23H24ClN5O5S/c1-28(2)21(27-35(3,32)33)14-4-7-16(8-5-14)29-13-17(34-23(29)31)11-26-22(30)15-6-9-18-19(24)12-25-20(18)10-15/h4-10,12,17,25H,11,13H2,1-3H3,(H,26,30)/b27-21-. The first-order valence-corrected chi connectivity index (χ1v) is 12.8. The average Bonchev–Trinajstić information content (AvgIpc) is 3.37. The third-order valence-corrected chi connectivity index (χ3v) is 6.19. The molecule has 2 aromatic carbocycles. The molecule has 1 aromatic heterocycles. The van der Waals surface area contributed by atoms with Crippen molar-refractivity contribution in [3.8, 4) is 0 Å². The van der Waals surface area contributed by atoms with Crippen LogP contribution in [0.5, 0.6) is 0 Å². The number of nitrogens with one attached hydrogen (secondary N) is 2. The highest BCUT2D eigenvalue weighted by Gasteiger charge is 2.32. The van der Waals surface area contributed by atoms with E-state index in [9.17, 15) is 18.0 Å². The van der Waals surface area contributed by atoms with Gasteiger partial charge in [-0.15, -0.1) is 4.40 Å². The monoisotopic (exact) mass is 517 g/mol. The molecule has 1 saturated heterocycles. The summed E-state index contributed by atoms with van der Waals surface area (Å²) in [5, 5.41) is 4.21. The van der Waals surface area contributed by atoms with E-state index in [2.05, 4.69) is 14.7 Å². The summed E-state index contributed by atoms with van der Waals surface area (Å²) in [4.78, 5) is 31.1. The molecular formula is C23H24ClN5O5S. The van der Waals surface area contributed by atoms with Gasteiger partial charge in [-0.05, 0) is 36.4 Å². The Balaban J connectivity index is 1.40. The van der Waals surface area contributed by atoms with Crippen LogP contribution in [-0.2, 0) is 14.8 Å². The van der Waals surface area contributed by atoms with Gasteiger partial charge >= 0.3 is 6.09 Å². The Labute approximate surface area is 207 Å². The van der Waals surface area contributed by atoms with Crippen LogP contribution in [0.2, 0.25) is 5.02 Å². The summed E-state index contributed by atoms with van der Waals surface area (Å²) in [7, 11) is -0.193. The molecule has 2 amide bonds. The number of hydrogen-bond donors (Lipinski definition) is 2. The van der Waals surface area contributed by atoms with Crippen LogP contribution < -0.4 is 10.2 Å². The fourth-order valence-corrected chi connectivity index (χ4v) is 4.52. The van der Waals surface area contributed by atoms with Crippen molar-refractivity contribution in [2.24, 2.45) is 4.40 Å². The van der Waals surface area contributed by atoms with Gasteiger partial charge in [0.25, 0.3) is 15.9 Å². The van der Waals surface area contributed by atoms with Gasteiger partial charge in [-0.25, -0.2) is 13.2 Å². The van der Waals surface area contributed by atoms with Gasteiger partial charge in [-0.3, -0.25) is 9.69 Å². The number of rotatable bonds is 6. The minimum Gasteiger partial charge on any atom is -0.442 e. The number of H-pyrrole nitrogens is 1. The summed E-state index contributed by atoms with van der Waals surface area (Å²) in [5.74, 6) is -0.0127. The van der Waals surface area contributed by atoms with Crippen molar-refractivity contribution < 1.29 is 22.7 Å². The number of sulfonamides is 1. The smallest absolute Gasteiger partial charge is 0.414 e. The fraction of sp³-hybridized carbons (Fsp3) is 0.261. The number of nitrogens with zero attached hydrogens (tertiary/aromatic N) is 3. The van der Waals surface area contributed by atoms with Crippen LogP contribution in [-0.4, -0.2) is 75.7 Å². The van der Waals surface area contributed by atoms with Crippen molar-refractivity contribution >= 4 is 56.1 Å². The summed E-state index contributed by atoms with van der Waals surface area (Å²) < 4.78 is 32.4. The molecule has 0 saturated carbocycles. The van der Waals surface area contributed by atoms with Gasteiger partial charge in [0.15, 0.2) is 0 Å². The van der Waals surface area contributed by atoms with Gasteiger partial charge < -0.3 is 19.9 Å². The fourth-order valence-electron chi connectivity index (χ4n) is 3.72. The Kier molecular flexibility index (Phi) is 6.73. The van der Waals surface area contributed by atoms with E-state index in [4.69, 9.17) is 16.3 Å². The van der Waals surface area contributed by atoms with Gasteiger partial charge in [-0.2, -0.15) is 0 Å². The van der Waals surface area contributed by atoms with E-state index in [-0.39, 0.29) is 24.8 Å². The van der Waals surface area contributed by atoms with Gasteiger partial charge in [-0.1, -0.05) is 17.7 Å². The van der Waals surface area contributed by atoms with Crippen molar-refractivity contribution in [1.29, 1.82) is 0 Å². The van der Waals surface area contributed by atoms with Crippen molar-refractivity contribution in [2.75, 3.05) is 38.3 Å². The highest BCUT2D eigenvalue weighted by atomic mass is 35.5. The molecule has 10 nitrogen and oxygen atoms in total. The van der Waals surface area contributed by atoms with E-state index < -0.39 is 22.2 Å². The number of aromatic nitrogens is 1. The number of ether oxygens (including phenoxy) is 1. The Bertz CT molecular complexity index is 1420. The number of carbonyl (C=O) groups is 2. The molecule has 1 atom stereocenters. The maximum Gasteiger partial charge on any atom is 0.414 e. The van der Waals surface area contributed by atoms with E-state index in [0.717, 1.165) is 17.2 Å². The van der Waals surface area contributed by atoms with Crippen molar-refractivity contribution in [2.45, 2.75) is 6.10 Å². The molecule has 2 heterocycles. The topological polar surface area (TPSA) is 124 Å². The first-order valence-electron chi connectivity index (χ1n) is 10.6. The number of carbonyl (C=O) groups excluding carboxylic acids is 2. The predicted molar refractivity (Wildman–Crippen MR) is 135 cm³/mol. The summed E-state index contributed by atoms with van der Waals surface area (Å²) >= 11 is 6.08. The van der Waals surface area contributed by atoms with Crippen molar-refractivity contribution in [3.05, 3.63) is 64.8 Å². The third-order valence-electron chi connectivity index (χ3n) is 5.37. The molecule has 184 valence electrons. The van der Waals surface area contributed by atoms with Crippen LogP contribution >= 0.6 is 11.6 Å². The highest BCUT2D eigenvalue weighted by molar-refractivity contribution is 7.89.